The second-order valence-corrected chi connectivity index (χ2v) is 8.15. The molecule has 2 aromatic heterocycles. The number of carbonyl (C=O) groups excluding carboxylic acids is 2. The van der Waals surface area contributed by atoms with Gasteiger partial charge in [-0.3, -0.25) is 19.9 Å². The van der Waals surface area contributed by atoms with Crippen LogP contribution in [0.3, 0.4) is 0 Å². The Balaban J connectivity index is 1.34. The van der Waals surface area contributed by atoms with Gasteiger partial charge in [-0.15, -0.1) is 11.3 Å². The van der Waals surface area contributed by atoms with Crippen molar-refractivity contribution in [1.82, 2.24) is 9.97 Å². The van der Waals surface area contributed by atoms with Gasteiger partial charge in [0.15, 0.2) is 5.13 Å². The molecule has 6 nitrogen and oxygen atoms in total. The van der Waals surface area contributed by atoms with Crippen LogP contribution in [0, 0.1) is 5.82 Å². The summed E-state index contributed by atoms with van der Waals surface area (Å²) < 4.78 is 13.5. The molecule has 0 radical (unpaired) electrons. The van der Waals surface area contributed by atoms with Gasteiger partial charge in [0.2, 0.25) is 0 Å². The third-order valence-electron chi connectivity index (χ3n) is 5.24. The maximum Gasteiger partial charge on any atom is 0.259 e. The fourth-order valence-corrected chi connectivity index (χ4v) is 4.39. The Labute approximate surface area is 187 Å². The standard InChI is InChI=1S/C24H17FN4O2S/c25-19-5-1-3-17(12-19)23(31)29-10-8-16-11-15(6-7-21(16)29)20-14-32-24(27-20)28-22(30)18-4-2-9-26-13-18/h1-7,9,11-14H,8,10H2,(H,27,28,30). The van der Waals surface area contributed by atoms with Crippen LogP contribution >= 0.6 is 11.3 Å². The van der Waals surface area contributed by atoms with E-state index < -0.39 is 5.82 Å². The lowest BCUT2D eigenvalue weighted by molar-refractivity contribution is 0.0987. The fourth-order valence-electron chi connectivity index (χ4n) is 3.68. The van der Waals surface area contributed by atoms with Crippen LogP contribution in [0.5, 0.6) is 0 Å². The van der Waals surface area contributed by atoms with Gasteiger partial charge < -0.3 is 4.90 Å². The van der Waals surface area contributed by atoms with Crippen LogP contribution in [0.4, 0.5) is 15.2 Å². The topological polar surface area (TPSA) is 75.2 Å². The van der Waals surface area contributed by atoms with Gasteiger partial charge in [0.05, 0.1) is 11.3 Å². The van der Waals surface area contributed by atoms with Crippen molar-refractivity contribution >= 4 is 34.0 Å². The number of hydrogen-bond donors (Lipinski definition) is 1. The highest BCUT2D eigenvalue weighted by atomic mass is 32.1. The number of halogens is 1. The van der Waals surface area contributed by atoms with Gasteiger partial charge in [-0.2, -0.15) is 0 Å². The van der Waals surface area contributed by atoms with Crippen LogP contribution in [-0.4, -0.2) is 28.3 Å². The van der Waals surface area contributed by atoms with E-state index in [2.05, 4.69) is 15.3 Å². The van der Waals surface area contributed by atoms with Crippen LogP contribution in [0.2, 0.25) is 0 Å². The van der Waals surface area contributed by atoms with E-state index in [9.17, 15) is 14.0 Å². The summed E-state index contributed by atoms with van der Waals surface area (Å²) in [6.07, 6.45) is 3.82. The predicted octanol–water partition coefficient (Wildman–Crippen LogP) is 4.80. The van der Waals surface area contributed by atoms with Crippen LogP contribution < -0.4 is 10.2 Å². The second-order valence-electron chi connectivity index (χ2n) is 7.29. The number of amides is 2. The molecular weight excluding hydrogens is 427 g/mol. The minimum atomic E-state index is -0.430. The number of rotatable bonds is 4. The quantitative estimate of drug-likeness (QED) is 0.491. The number of benzene rings is 2. The van der Waals surface area contributed by atoms with Crippen molar-refractivity contribution in [3.05, 3.63) is 94.9 Å². The third kappa shape index (κ3) is 3.88. The summed E-state index contributed by atoms with van der Waals surface area (Å²) in [5.41, 5.74) is 4.29. The molecule has 5 rings (SSSR count). The number of aromatic nitrogens is 2. The van der Waals surface area contributed by atoms with Crippen LogP contribution in [-0.2, 0) is 6.42 Å². The molecule has 1 N–H and O–H groups in total. The second kappa shape index (κ2) is 8.32. The molecule has 0 fully saturated rings. The Hall–Kier alpha value is -3.91. The highest BCUT2D eigenvalue weighted by Crippen LogP contribution is 2.34. The van der Waals surface area contributed by atoms with Gasteiger partial charge in [-0.25, -0.2) is 9.37 Å². The lowest BCUT2D eigenvalue weighted by Gasteiger charge is -2.17. The highest BCUT2D eigenvalue weighted by Gasteiger charge is 2.26. The number of carbonyl (C=O) groups is 2. The van der Waals surface area contributed by atoms with Crippen molar-refractivity contribution in [2.45, 2.75) is 6.42 Å². The Bertz CT molecular complexity index is 1320. The molecule has 2 amide bonds. The van der Waals surface area contributed by atoms with Gasteiger partial charge in [0.25, 0.3) is 11.8 Å². The van der Waals surface area contributed by atoms with Crippen molar-refractivity contribution in [1.29, 1.82) is 0 Å². The maximum absolute atomic E-state index is 13.5. The molecule has 1 aliphatic rings. The van der Waals surface area contributed by atoms with E-state index in [-0.39, 0.29) is 11.8 Å². The van der Waals surface area contributed by atoms with E-state index >= 15 is 0 Å². The summed E-state index contributed by atoms with van der Waals surface area (Å²) >= 11 is 1.34. The Morgan fingerprint density at radius 2 is 1.94 bits per heavy atom. The van der Waals surface area contributed by atoms with E-state index in [0.717, 1.165) is 22.5 Å². The SMILES string of the molecule is O=C(Nc1nc(-c2ccc3c(c2)CCN3C(=O)c2cccc(F)c2)cs1)c1cccnc1. The van der Waals surface area contributed by atoms with Crippen molar-refractivity contribution in [2.24, 2.45) is 0 Å². The van der Waals surface area contributed by atoms with Gasteiger partial charge in [0, 0.05) is 41.1 Å². The third-order valence-corrected chi connectivity index (χ3v) is 5.99. The van der Waals surface area contributed by atoms with Crippen LogP contribution in [0.25, 0.3) is 11.3 Å². The molecule has 0 saturated carbocycles. The maximum atomic E-state index is 13.5. The van der Waals surface area contributed by atoms with Gasteiger partial charge in [-0.05, 0) is 54.4 Å². The number of thiazole rings is 1. The number of hydrogen-bond acceptors (Lipinski definition) is 5. The molecule has 158 valence electrons. The van der Waals surface area contributed by atoms with Crippen molar-refractivity contribution < 1.29 is 14.0 Å². The van der Waals surface area contributed by atoms with E-state index in [0.29, 0.717) is 29.2 Å². The van der Waals surface area contributed by atoms with E-state index in [1.807, 2.05) is 23.6 Å². The predicted molar refractivity (Wildman–Crippen MR) is 122 cm³/mol. The number of pyridine rings is 1. The van der Waals surface area contributed by atoms with Crippen molar-refractivity contribution in [3.63, 3.8) is 0 Å². The van der Waals surface area contributed by atoms with Crippen molar-refractivity contribution in [3.8, 4) is 11.3 Å². The van der Waals surface area contributed by atoms with Gasteiger partial charge in [-0.1, -0.05) is 12.1 Å². The molecular formula is C24H17FN4O2S. The average molecular weight is 444 g/mol. The molecule has 2 aromatic carbocycles. The molecule has 0 saturated heterocycles. The van der Waals surface area contributed by atoms with E-state index in [1.165, 1.54) is 35.7 Å². The first-order chi connectivity index (χ1) is 15.6. The number of anilines is 2. The zero-order chi connectivity index (χ0) is 22.1. The zero-order valence-electron chi connectivity index (χ0n) is 16.8. The van der Waals surface area contributed by atoms with Gasteiger partial charge >= 0.3 is 0 Å². The van der Waals surface area contributed by atoms with Crippen LogP contribution in [0.1, 0.15) is 26.3 Å². The highest BCUT2D eigenvalue weighted by molar-refractivity contribution is 7.14. The normalized spacial score (nSPS) is 12.5. The Morgan fingerprint density at radius 1 is 1.06 bits per heavy atom. The number of fused-ring (bicyclic) bond motifs is 1. The molecule has 4 aromatic rings. The van der Waals surface area contributed by atoms with E-state index in [4.69, 9.17) is 0 Å². The molecule has 1 aliphatic heterocycles. The minimum absolute atomic E-state index is 0.218. The average Bonchev–Trinajstić information content (AvgIpc) is 3.46. The molecule has 0 unspecified atom stereocenters. The van der Waals surface area contributed by atoms with Crippen LogP contribution in [0.15, 0.2) is 72.4 Å². The van der Waals surface area contributed by atoms with Crippen molar-refractivity contribution in [2.75, 3.05) is 16.8 Å². The number of nitrogens with one attached hydrogen (secondary N) is 1. The summed E-state index contributed by atoms with van der Waals surface area (Å²) in [6, 6.07) is 14.9. The molecule has 3 heterocycles. The van der Waals surface area contributed by atoms with E-state index in [1.54, 1.807) is 29.3 Å². The molecule has 0 bridgehead atoms. The first-order valence-corrected chi connectivity index (χ1v) is 10.8. The zero-order valence-corrected chi connectivity index (χ0v) is 17.6. The summed E-state index contributed by atoms with van der Waals surface area (Å²) in [4.78, 5) is 35.3. The summed E-state index contributed by atoms with van der Waals surface area (Å²) in [7, 11) is 0. The van der Waals surface area contributed by atoms with Gasteiger partial charge in [0.1, 0.15) is 5.82 Å². The lowest BCUT2D eigenvalue weighted by Crippen LogP contribution is -2.28. The Kier molecular flexibility index (Phi) is 5.20. The summed E-state index contributed by atoms with van der Waals surface area (Å²) in [5.74, 6) is -0.912. The fraction of sp³-hybridized carbons (Fsp3) is 0.0833. The molecule has 0 aliphatic carbocycles. The summed E-state index contributed by atoms with van der Waals surface area (Å²) in [5, 5.41) is 5.17. The summed E-state index contributed by atoms with van der Waals surface area (Å²) in [6.45, 7) is 0.539. The minimum Gasteiger partial charge on any atom is -0.308 e. The molecule has 8 heteroatoms. The molecule has 0 spiro atoms. The monoisotopic (exact) mass is 444 g/mol. The largest absolute Gasteiger partial charge is 0.308 e. The molecule has 32 heavy (non-hydrogen) atoms. The molecule has 0 atom stereocenters. The smallest absolute Gasteiger partial charge is 0.259 e. The Morgan fingerprint density at radius 3 is 2.75 bits per heavy atom. The first-order valence-electron chi connectivity index (χ1n) is 9.96. The first kappa shape index (κ1) is 20.0. The lowest BCUT2D eigenvalue weighted by atomic mass is 10.1. The number of nitrogens with zero attached hydrogens (tertiary/aromatic N) is 3.